The quantitative estimate of drug-likeness (QED) is 0.656. The van der Waals surface area contributed by atoms with E-state index in [4.69, 9.17) is 31.2 Å². The molecule has 0 aliphatic carbocycles. The van der Waals surface area contributed by atoms with Crippen LogP contribution in [0.25, 0.3) is 0 Å². The van der Waals surface area contributed by atoms with Crippen LogP contribution in [0.4, 0.5) is 5.69 Å². The highest BCUT2D eigenvalue weighted by Crippen LogP contribution is 2.32. The van der Waals surface area contributed by atoms with Crippen molar-refractivity contribution in [3.8, 4) is 23.0 Å². The molecule has 2 aromatic carbocycles. The van der Waals surface area contributed by atoms with Gasteiger partial charge in [0.2, 0.25) is 0 Å². The molecule has 1 atom stereocenters. The third kappa shape index (κ3) is 5.17. The Hall–Kier alpha value is -2.67. The van der Waals surface area contributed by atoms with Crippen LogP contribution in [0.2, 0.25) is 0 Å². The maximum absolute atomic E-state index is 5.49. The summed E-state index contributed by atoms with van der Waals surface area (Å²) < 4.78 is 21.3. The highest BCUT2D eigenvalue weighted by molar-refractivity contribution is 7.80. The minimum atomic E-state index is 0.0223. The fourth-order valence-electron chi connectivity index (χ4n) is 2.71. The van der Waals surface area contributed by atoms with Crippen LogP contribution in [0.3, 0.4) is 0 Å². The molecule has 0 amide bonds. The van der Waals surface area contributed by atoms with Gasteiger partial charge in [0.05, 0.1) is 40.2 Å². The minimum Gasteiger partial charge on any atom is -0.497 e. The van der Waals surface area contributed by atoms with Crippen molar-refractivity contribution in [2.24, 2.45) is 0 Å². The van der Waals surface area contributed by atoms with Crippen LogP contribution in [0.15, 0.2) is 36.4 Å². The predicted molar refractivity (Wildman–Crippen MR) is 111 cm³/mol. The fourth-order valence-corrected chi connectivity index (χ4v) is 2.96. The highest BCUT2D eigenvalue weighted by atomic mass is 32.1. The van der Waals surface area contributed by atoms with Gasteiger partial charge in [-0.2, -0.15) is 0 Å². The van der Waals surface area contributed by atoms with Gasteiger partial charge in [0.25, 0.3) is 0 Å². The molecule has 0 fully saturated rings. The Balaban J connectivity index is 2.13. The first-order valence-electron chi connectivity index (χ1n) is 8.57. The van der Waals surface area contributed by atoms with Crippen LogP contribution in [-0.4, -0.2) is 33.6 Å². The van der Waals surface area contributed by atoms with Gasteiger partial charge in [-0.15, -0.1) is 0 Å². The van der Waals surface area contributed by atoms with Gasteiger partial charge in [0.15, 0.2) is 16.6 Å². The van der Waals surface area contributed by atoms with Crippen molar-refractivity contribution in [3.63, 3.8) is 0 Å². The van der Waals surface area contributed by atoms with E-state index in [1.54, 1.807) is 34.5 Å². The number of benzene rings is 2. The topological polar surface area (TPSA) is 61.0 Å². The number of ether oxygens (including phenoxy) is 4. The van der Waals surface area contributed by atoms with Crippen molar-refractivity contribution in [1.29, 1.82) is 0 Å². The fraction of sp³-hybridized carbons (Fsp3) is 0.350. The second-order valence-corrected chi connectivity index (χ2v) is 6.15. The molecule has 6 nitrogen and oxygen atoms in total. The molecule has 2 aromatic rings. The molecule has 146 valence electrons. The smallest absolute Gasteiger partial charge is 0.171 e. The summed E-state index contributed by atoms with van der Waals surface area (Å²) >= 11 is 5.49. The third-order valence-corrected chi connectivity index (χ3v) is 4.40. The number of hydrogen-bond acceptors (Lipinski definition) is 5. The van der Waals surface area contributed by atoms with Gasteiger partial charge in [-0.05, 0) is 48.5 Å². The molecule has 0 radical (unpaired) electrons. The summed E-state index contributed by atoms with van der Waals surface area (Å²) in [7, 11) is 6.46. The molecule has 0 unspecified atom stereocenters. The Kier molecular flexibility index (Phi) is 7.55. The molecule has 27 heavy (non-hydrogen) atoms. The van der Waals surface area contributed by atoms with Gasteiger partial charge in [-0.1, -0.05) is 13.0 Å². The summed E-state index contributed by atoms with van der Waals surface area (Å²) in [6.45, 7) is 2.09. The number of rotatable bonds is 8. The first-order chi connectivity index (χ1) is 13.1. The molecule has 0 heterocycles. The van der Waals surface area contributed by atoms with Crippen LogP contribution in [-0.2, 0) is 0 Å². The molecule has 2 N–H and O–H groups in total. The largest absolute Gasteiger partial charge is 0.497 e. The number of methoxy groups -OCH3 is 4. The molecule has 0 saturated heterocycles. The van der Waals surface area contributed by atoms with E-state index in [1.165, 1.54) is 0 Å². The molecule has 0 saturated carbocycles. The first kappa shape index (κ1) is 20.6. The van der Waals surface area contributed by atoms with E-state index < -0.39 is 0 Å². The average Bonchev–Trinajstić information content (AvgIpc) is 2.71. The van der Waals surface area contributed by atoms with Gasteiger partial charge < -0.3 is 29.6 Å². The zero-order valence-corrected chi connectivity index (χ0v) is 17.1. The van der Waals surface area contributed by atoms with Crippen molar-refractivity contribution in [2.75, 3.05) is 33.8 Å². The van der Waals surface area contributed by atoms with E-state index in [0.717, 1.165) is 17.7 Å². The molecule has 0 aliphatic heterocycles. The lowest BCUT2D eigenvalue weighted by Crippen LogP contribution is -2.32. The van der Waals surface area contributed by atoms with Crippen LogP contribution >= 0.6 is 12.2 Å². The van der Waals surface area contributed by atoms with E-state index in [0.29, 0.717) is 28.1 Å². The van der Waals surface area contributed by atoms with Crippen molar-refractivity contribution in [2.45, 2.75) is 19.4 Å². The number of nitrogens with one attached hydrogen (secondary N) is 2. The normalized spacial score (nSPS) is 11.3. The Morgan fingerprint density at radius 1 is 0.889 bits per heavy atom. The molecular formula is C20H26N2O4S. The molecule has 0 aromatic heterocycles. The van der Waals surface area contributed by atoms with Crippen LogP contribution < -0.4 is 29.6 Å². The molecule has 7 heteroatoms. The predicted octanol–water partition coefficient (Wildman–Crippen LogP) is 4.16. The molecule has 0 spiro atoms. The minimum absolute atomic E-state index is 0.0223. The third-order valence-electron chi connectivity index (χ3n) is 4.18. The lowest BCUT2D eigenvalue weighted by molar-refractivity contribution is 0.354. The monoisotopic (exact) mass is 390 g/mol. The van der Waals surface area contributed by atoms with Gasteiger partial charge >= 0.3 is 0 Å². The van der Waals surface area contributed by atoms with Crippen molar-refractivity contribution >= 4 is 23.0 Å². The van der Waals surface area contributed by atoms with Crippen LogP contribution in [0, 0.1) is 0 Å². The Morgan fingerprint density at radius 2 is 1.59 bits per heavy atom. The first-order valence-corrected chi connectivity index (χ1v) is 8.98. The van der Waals surface area contributed by atoms with Crippen molar-refractivity contribution in [1.82, 2.24) is 5.32 Å². The zero-order valence-electron chi connectivity index (χ0n) is 16.3. The molecular weight excluding hydrogens is 364 g/mol. The SMILES string of the molecule is CC[C@H](NC(=S)Nc1ccc(OC)cc1OC)c1ccc(OC)c(OC)c1. The summed E-state index contributed by atoms with van der Waals surface area (Å²) in [6.07, 6.45) is 0.844. The van der Waals surface area contributed by atoms with Crippen LogP contribution in [0.1, 0.15) is 24.9 Å². The van der Waals surface area contributed by atoms with E-state index in [1.807, 2.05) is 30.3 Å². The number of anilines is 1. The van der Waals surface area contributed by atoms with E-state index >= 15 is 0 Å². The molecule has 2 rings (SSSR count). The second-order valence-electron chi connectivity index (χ2n) is 5.74. The van der Waals surface area contributed by atoms with Gasteiger partial charge in [0.1, 0.15) is 11.5 Å². The maximum atomic E-state index is 5.49. The number of hydrogen-bond donors (Lipinski definition) is 2. The van der Waals surface area contributed by atoms with Crippen molar-refractivity contribution < 1.29 is 18.9 Å². The second kappa shape index (κ2) is 9.87. The maximum Gasteiger partial charge on any atom is 0.171 e. The van der Waals surface area contributed by atoms with E-state index in [2.05, 4.69) is 17.6 Å². The number of thiocarbonyl (C=S) groups is 1. The summed E-state index contributed by atoms with van der Waals surface area (Å²) in [6, 6.07) is 11.4. The Bertz CT molecular complexity index is 783. The van der Waals surface area contributed by atoms with Gasteiger partial charge in [-0.3, -0.25) is 0 Å². The summed E-state index contributed by atoms with van der Waals surface area (Å²) in [5.41, 5.74) is 1.82. The van der Waals surface area contributed by atoms with Crippen LogP contribution in [0.5, 0.6) is 23.0 Å². The Labute approximate surface area is 165 Å². The summed E-state index contributed by atoms with van der Waals surface area (Å²) in [5.74, 6) is 2.75. The van der Waals surface area contributed by atoms with Gasteiger partial charge in [0, 0.05) is 6.07 Å². The van der Waals surface area contributed by atoms with E-state index in [-0.39, 0.29) is 6.04 Å². The lowest BCUT2D eigenvalue weighted by Gasteiger charge is -2.22. The zero-order chi connectivity index (χ0) is 19.8. The lowest BCUT2D eigenvalue weighted by atomic mass is 10.0. The highest BCUT2D eigenvalue weighted by Gasteiger charge is 2.15. The Morgan fingerprint density at radius 3 is 2.19 bits per heavy atom. The van der Waals surface area contributed by atoms with E-state index in [9.17, 15) is 0 Å². The summed E-state index contributed by atoms with van der Waals surface area (Å²) in [4.78, 5) is 0. The standard InChI is InChI=1S/C20H26N2O4S/c1-6-15(13-7-10-17(24-3)19(11-13)26-5)21-20(27)22-16-9-8-14(23-2)12-18(16)25-4/h7-12,15H,6H2,1-5H3,(H2,21,22,27)/t15-/m0/s1. The molecule has 0 aliphatic rings. The summed E-state index contributed by atoms with van der Waals surface area (Å²) in [5, 5.41) is 7.02. The van der Waals surface area contributed by atoms with Crippen molar-refractivity contribution in [3.05, 3.63) is 42.0 Å². The van der Waals surface area contributed by atoms with Gasteiger partial charge in [-0.25, -0.2) is 0 Å². The average molecular weight is 391 g/mol. The molecule has 0 bridgehead atoms.